The molecule has 1 heterocycles. The van der Waals surface area contributed by atoms with Crippen molar-refractivity contribution in [1.29, 1.82) is 0 Å². The number of nitro benzene ring substituents is 1. The van der Waals surface area contributed by atoms with Gasteiger partial charge in [-0.1, -0.05) is 67.1 Å². The summed E-state index contributed by atoms with van der Waals surface area (Å²) in [4.78, 5) is 40.8. The van der Waals surface area contributed by atoms with Gasteiger partial charge >= 0.3 is 6.18 Å². The Morgan fingerprint density at radius 1 is 0.860 bits per heavy atom. The summed E-state index contributed by atoms with van der Waals surface area (Å²) in [5, 5.41) is 13.0. The number of hydrogen-bond acceptors (Lipinski definition) is 5. The van der Waals surface area contributed by atoms with E-state index < -0.39 is 29.0 Å². The second kappa shape index (κ2) is 12.5. The Morgan fingerprint density at radius 3 is 2.00 bits per heavy atom. The third-order valence-electron chi connectivity index (χ3n) is 8.40. The van der Waals surface area contributed by atoms with Crippen LogP contribution < -0.4 is 5.32 Å². The van der Waals surface area contributed by atoms with Crippen LogP contribution in [0.25, 0.3) is 11.1 Å². The number of non-ortho nitro benzene ring substituents is 1. The molecule has 1 aliphatic carbocycles. The van der Waals surface area contributed by atoms with E-state index in [1.165, 1.54) is 12.1 Å². The fourth-order valence-electron chi connectivity index (χ4n) is 6.25. The number of rotatable bonds is 10. The minimum atomic E-state index is -4.51. The summed E-state index contributed by atoms with van der Waals surface area (Å²) in [6.45, 7) is 1.87. The van der Waals surface area contributed by atoms with Crippen molar-refractivity contribution < 1.29 is 27.7 Å². The van der Waals surface area contributed by atoms with E-state index in [1.807, 2.05) is 48.5 Å². The maximum Gasteiger partial charge on any atom is 0.405 e. The van der Waals surface area contributed by atoms with E-state index >= 15 is 0 Å². The average molecular weight is 595 g/mol. The Hall–Kier alpha value is -4.25. The highest BCUT2D eigenvalue weighted by Crippen LogP contribution is 2.51. The van der Waals surface area contributed by atoms with E-state index in [0.29, 0.717) is 39.0 Å². The van der Waals surface area contributed by atoms with Crippen LogP contribution >= 0.6 is 0 Å². The highest BCUT2D eigenvalue weighted by atomic mass is 19.4. The molecule has 1 saturated heterocycles. The van der Waals surface area contributed by atoms with Gasteiger partial charge in [0, 0.05) is 38.3 Å². The molecule has 1 N–H and O–H groups in total. The highest BCUT2D eigenvalue weighted by molar-refractivity contribution is 6.00. The predicted molar refractivity (Wildman–Crippen MR) is 155 cm³/mol. The van der Waals surface area contributed by atoms with E-state index in [-0.39, 0.29) is 18.0 Å². The lowest BCUT2D eigenvalue weighted by atomic mass is 9.73. The zero-order chi connectivity index (χ0) is 30.6. The van der Waals surface area contributed by atoms with E-state index in [1.54, 1.807) is 17.0 Å². The Morgan fingerprint density at radius 2 is 1.44 bits per heavy atom. The molecule has 0 radical (unpaired) electrons. The maximum absolute atomic E-state index is 13.6. The number of hydrogen-bond donors (Lipinski definition) is 1. The number of benzene rings is 3. The van der Waals surface area contributed by atoms with Crippen LogP contribution in [0.3, 0.4) is 0 Å². The van der Waals surface area contributed by atoms with Gasteiger partial charge < -0.3 is 10.2 Å². The molecule has 0 unspecified atom stereocenters. The molecule has 3 aromatic rings. The normalized spacial score (nSPS) is 15.9. The Labute approximate surface area is 247 Å². The number of unbranched alkanes of at least 4 members (excludes halogenated alkanes) is 1. The van der Waals surface area contributed by atoms with Crippen LogP contribution in [0.1, 0.15) is 36.0 Å². The third kappa shape index (κ3) is 6.56. The SMILES string of the molecule is O=C(Cc1ccc([N+](=O)[O-])cc1)N1CCN(CCCCC2(C(=O)NCC(F)(F)F)c3ccccc3-c3ccccc32)CC1. The first kappa shape index (κ1) is 30.2. The van der Waals surface area contributed by atoms with Crippen molar-refractivity contribution in [2.45, 2.75) is 37.3 Å². The number of nitro groups is 1. The van der Waals surface area contributed by atoms with Crippen LogP contribution in [-0.4, -0.2) is 72.0 Å². The van der Waals surface area contributed by atoms with Gasteiger partial charge in [-0.25, -0.2) is 0 Å². The number of fused-ring (bicyclic) bond motifs is 3. The summed E-state index contributed by atoms with van der Waals surface area (Å²) in [5.41, 5.74) is 2.71. The first-order valence-corrected chi connectivity index (χ1v) is 14.4. The summed E-state index contributed by atoms with van der Waals surface area (Å²) >= 11 is 0. The Balaban J connectivity index is 1.18. The average Bonchev–Trinajstić information content (AvgIpc) is 3.29. The van der Waals surface area contributed by atoms with Gasteiger partial charge in [0.05, 0.1) is 11.3 Å². The van der Waals surface area contributed by atoms with Gasteiger partial charge in [-0.2, -0.15) is 13.2 Å². The number of carbonyl (C=O) groups is 2. The van der Waals surface area contributed by atoms with Crippen LogP contribution in [0, 0.1) is 10.1 Å². The number of carbonyl (C=O) groups excluding carboxylic acids is 2. The van der Waals surface area contributed by atoms with E-state index in [4.69, 9.17) is 0 Å². The molecular weight excluding hydrogens is 561 g/mol. The van der Waals surface area contributed by atoms with Gasteiger partial charge in [0.1, 0.15) is 12.0 Å². The number of amides is 2. The van der Waals surface area contributed by atoms with Crippen molar-refractivity contribution in [3.63, 3.8) is 0 Å². The van der Waals surface area contributed by atoms with Gasteiger partial charge in [-0.05, 0) is 47.2 Å². The van der Waals surface area contributed by atoms with E-state index in [0.717, 1.165) is 40.8 Å². The molecule has 43 heavy (non-hydrogen) atoms. The molecule has 8 nitrogen and oxygen atoms in total. The first-order chi connectivity index (χ1) is 20.6. The summed E-state index contributed by atoms with van der Waals surface area (Å²) in [6, 6.07) is 20.9. The van der Waals surface area contributed by atoms with Crippen molar-refractivity contribution in [3.05, 3.63) is 99.6 Å². The predicted octanol–water partition coefficient (Wildman–Crippen LogP) is 5.10. The van der Waals surface area contributed by atoms with Gasteiger partial charge in [0.2, 0.25) is 11.8 Å². The highest BCUT2D eigenvalue weighted by Gasteiger charge is 2.49. The third-order valence-corrected chi connectivity index (χ3v) is 8.40. The smallest absolute Gasteiger partial charge is 0.346 e. The summed E-state index contributed by atoms with van der Waals surface area (Å²) in [6.07, 6.45) is -2.59. The van der Waals surface area contributed by atoms with Crippen molar-refractivity contribution >= 4 is 17.5 Å². The molecule has 2 amide bonds. The minimum Gasteiger partial charge on any atom is -0.346 e. The zero-order valence-corrected chi connectivity index (χ0v) is 23.6. The Kier molecular flexibility index (Phi) is 8.82. The number of halogens is 3. The van der Waals surface area contributed by atoms with E-state index in [2.05, 4.69) is 10.2 Å². The maximum atomic E-state index is 13.6. The largest absolute Gasteiger partial charge is 0.405 e. The molecule has 1 fully saturated rings. The first-order valence-electron chi connectivity index (χ1n) is 14.4. The number of nitrogens with one attached hydrogen (secondary N) is 1. The molecular formula is C32H33F3N4O4. The molecule has 0 saturated carbocycles. The second-order valence-electron chi connectivity index (χ2n) is 11.1. The lowest BCUT2D eigenvalue weighted by Gasteiger charge is -2.35. The zero-order valence-electron chi connectivity index (χ0n) is 23.6. The van der Waals surface area contributed by atoms with Crippen LogP contribution in [0.4, 0.5) is 18.9 Å². The summed E-state index contributed by atoms with van der Waals surface area (Å²) in [5.74, 6) is -0.666. The summed E-state index contributed by atoms with van der Waals surface area (Å²) < 4.78 is 39.3. The van der Waals surface area contributed by atoms with Gasteiger partial charge in [0.15, 0.2) is 0 Å². The number of piperazine rings is 1. The molecule has 0 bridgehead atoms. The lowest BCUT2D eigenvalue weighted by molar-refractivity contribution is -0.384. The summed E-state index contributed by atoms with van der Waals surface area (Å²) in [7, 11) is 0. The van der Waals surface area contributed by atoms with Crippen LogP contribution in [-0.2, 0) is 21.4 Å². The van der Waals surface area contributed by atoms with Crippen molar-refractivity contribution in [2.24, 2.45) is 0 Å². The molecule has 0 spiro atoms. The topological polar surface area (TPSA) is 95.8 Å². The number of nitrogens with zero attached hydrogens (tertiary/aromatic N) is 3. The van der Waals surface area contributed by atoms with Gasteiger partial charge in [-0.15, -0.1) is 0 Å². The van der Waals surface area contributed by atoms with E-state index in [9.17, 15) is 32.9 Å². The molecule has 0 atom stereocenters. The van der Waals surface area contributed by atoms with Crippen molar-refractivity contribution in [1.82, 2.24) is 15.1 Å². The molecule has 11 heteroatoms. The van der Waals surface area contributed by atoms with Crippen LogP contribution in [0.5, 0.6) is 0 Å². The number of alkyl halides is 3. The standard InChI is InChI=1S/C32H33F3N4O4/c33-32(34,35)22-36-30(41)31(27-9-3-1-7-25(27)26-8-2-4-10-28(26)31)15-5-6-16-37-17-19-38(20-18-37)29(40)21-23-11-13-24(14-12-23)39(42)43/h1-4,7-14H,5-6,15-22H2,(H,36,41). The second-order valence-corrected chi connectivity index (χ2v) is 11.1. The molecule has 3 aromatic carbocycles. The quantitative estimate of drug-likeness (QED) is 0.200. The molecule has 5 rings (SSSR count). The Bertz CT molecular complexity index is 1440. The van der Waals surface area contributed by atoms with Crippen molar-refractivity contribution in [2.75, 3.05) is 39.3 Å². The molecule has 2 aliphatic rings. The lowest BCUT2D eigenvalue weighted by Crippen LogP contribution is -2.49. The van der Waals surface area contributed by atoms with Crippen LogP contribution in [0.15, 0.2) is 72.8 Å². The fourth-order valence-corrected chi connectivity index (χ4v) is 6.25. The fraction of sp³-hybridized carbons (Fsp3) is 0.375. The van der Waals surface area contributed by atoms with Gasteiger partial charge in [-0.3, -0.25) is 24.6 Å². The minimum absolute atomic E-state index is 0.0148. The van der Waals surface area contributed by atoms with Crippen molar-refractivity contribution in [3.8, 4) is 11.1 Å². The van der Waals surface area contributed by atoms with Crippen LogP contribution in [0.2, 0.25) is 0 Å². The molecule has 1 aliphatic heterocycles. The molecule has 226 valence electrons. The molecule has 0 aromatic heterocycles. The monoisotopic (exact) mass is 594 g/mol. The van der Waals surface area contributed by atoms with Gasteiger partial charge in [0.25, 0.3) is 5.69 Å².